The van der Waals surface area contributed by atoms with E-state index in [0.717, 1.165) is 37.2 Å². The molecule has 0 unspecified atom stereocenters. The van der Waals surface area contributed by atoms with Gasteiger partial charge in [0.2, 0.25) is 0 Å². The Balaban J connectivity index is 1.21. The summed E-state index contributed by atoms with van der Waals surface area (Å²) in [6.07, 6.45) is 2.75. The van der Waals surface area contributed by atoms with Crippen LogP contribution in [-0.4, -0.2) is 38.9 Å². The minimum atomic E-state index is -0.322. The molecule has 0 spiro atoms. The van der Waals surface area contributed by atoms with Crippen LogP contribution in [0.1, 0.15) is 21.6 Å². The summed E-state index contributed by atoms with van der Waals surface area (Å²) in [5, 5.41) is 15.1. The van der Waals surface area contributed by atoms with Crippen molar-refractivity contribution in [3.63, 3.8) is 0 Å². The zero-order valence-electron chi connectivity index (χ0n) is 17.6. The van der Waals surface area contributed by atoms with E-state index in [0.29, 0.717) is 17.9 Å². The maximum atomic E-state index is 12.7. The van der Waals surface area contributed by atoms with Crippen molar-refractivity contribution in [1.82, 2.24) is 19.9 Å². The molecule has 0 saturated heterocycles. The Kier molecular flexibility index (Phi) is 5.70. The van der Waals surface area contributed by atoms with Gasteiger partial charge in [-0.05, 0) is 57.6 Å². The Morgan fingerprint density at radius 1 is 1.09 bits per heavy atom. The summed E-state index contributed by atoms with van der Waals surface area (Å²) < 4.78 is 1.72. The number of hydrogen-bond donors (Lipinski definition) is 2. The van der Waals surface area contributed by atoms with E-state index < -0.39 is 0 Å². The molecule has 8 heteroatoms. The number of aromatic nitrogens is 3. The molecule has 7 nitrogen and oxygen atoms in total. The summed E-state index contributed by atoms with van der Waals surface area (Å²) in [6, 6.07) is 16.3. The quantitative estimate of drug-likeness (QED) is 0.440. The number of rotatable bonds is 6. The molecule has 1 aliphatic heterocycles. The molecule has 0 aliphatic carbocycles. The molecule has 0 fully saturated rings. The Labute approximate surface area is 190 Å². The first-order valence-electron chi connectivity index (χ1n) is 10.6. The number of nitrogens with zero attached hydrogens (tertiary/aromatic N) is 4. The van der Waals surface area contributed by atoms with E-state index in [1.165, 1.54) is 11.1 Å². The molecule has 3 heterocycles. The first-order valence-corrected chi connectivity index (χ1v) is 11.5. The van der Waals surface area contributed by atoms with Crippen molar-refractivity contribution in [3.05, 3.63) is 82.3 Å². The van der Waals surface area contributed by atoms with Crippen LogP contribution in [0.4, 0.5) is 11.4 Å². The highest BCUT2D eigenvalue weighted by atomic mass is 32.1. The standard InChI is InChI=1S/C24H24N6OS/c25-21-6-5-18(20-8-12-32-16-20)13-22(21)26-24(31)23-15-30(28-27-23)11-10-29-9-7-17-3-1-2-4-19(17)14-29/h1-6,8,12-13,15-16H,7,9-11,14,25H2,(H,26,31). The number of thiophene rings is 1. The van der Waals surface area contributed by atoms with Crippen LogP contribution >= 0.6 is 11.3 Å². The van der Waals surface area contributed by atoms with Gasteiger partial charge in [0.15, 0.2) is 5.69 Å². The predicted molar refractivity (Wildman–Crippen MR) is 128 cm³/mol. The summed E-state index contributed by atoms with van der Waals surface area (Å²) in [7, 11) is 0. The lowest BCUT2D eigenvalue weighted by atomic mass is 10.00. The molecule has 2 aromatic heterocycles. The molecule has 1 amide bonds. The second-order valence-corrected chi connectivity index (χ2v) is 8.71. The van der Waals surface area contributed by atoms with Crippen molar-refractivity contribution < 1.29 is 4.79 Å². The van der Waals surface area contributed by atoms with Gasteiger partial charge in [-0.2, -0.15) is 11.3 Å². The average Bonchev–Trinajstić information content (AvgIpc) is 3.52. The van der Waals surface area contributed by atoms with Crippen molar-refractivity contribution in [1.29, 1.82) is 0 Å². The van der Waals surface area contributed by atoms with Crippen molar-refractivity contribution in [2.45, 2.75) is 19.5 Å². The van der Waals surface area contributed by atoms with Crippen LogP contribution in [0.25, 0.3) is 11.1 Å². The minimum Gasteiger partial charge on any atom is -0.397 e. The molecule has 1 aliphatic rings. The first-order chi connectivity index (χ1) is 15.7. The fourth-order valence-corrected chi connectivity index (χ4v) is 4.62. The Hall–Kier alpha value is -3.49. The number of fused-ring (bicyclic) bond motifs is 1. The molecule has 2 aromatic carbocycles. The van der Waals surface area contributed by atoms with Gasteiger partial charge in [-0.1, -0.05) is 35.5 Å². The molecule has 4 aromatic rings. The van der Waals surface area contributed by atoms with Crippen LogP contribution in [0.3, 0.4) is 0 Å². The molecule has 0 bridgehead atoms. The van der Waals surface area contributed by atoms with E-state index >= 15 is 0 Å². The van der Waals surface area contributed by atoms with Gasteiger partial charge in [-0.25, -0.2) is 0 Å². The lowest BCUT2D eigenvalue weighted by molar-refractivity contribution is 0.102. The van der Waals surface area contributed by atoms with E-state index in [2.05, 4.69) is 50.2 Å². The Morgan fingerprint density at radius 3 is 2.81 bits per heavy atom. The van der Waals surface area contributed by atoms with Crippen LogP contribution in [0.15, 0.2) is 65.5 Å². The van der Waals surface area contributed by atoms with E-state index in [1.54, 1.807) is 28.3 Å². The number of anilines is 2. The zero-order chi connectivity index (χ0) is 21.9. The Bertz CT molecular complexity index is 1230. The SMILES string of the molecule is Nc1ccc(-c2ccsc2)cc1NC(=O)c1cn(CCN2CCc3ccccc3C2)nn1. The topological polar surface area (TPSA) is 89.1 Å². The van der Waals surface area contributed by atoms with Crippen LogP contribution in [0, 0.1) is 0 Å². The second-order valence-electron chi connectivity index (χ2n) is 7.93. The summed E-state index contributed by atoms with van der Waals surface area (Å²) in [4.78, 5) is 15.1. The fraction of sp³-hybridized carbons (Fsp3) is 0.208. The zero-order valence-corrected chi connectivity index (χ0v) is 18.4. The number of hydrogen-bond acceptors (Lipinski definition) is 6. The van der Waals surface area contributed by atoms with Crippen molar-refractivity contribution in [3.8, 4) is 11.1 Å². The van der Waals surface area contributed by atoms with Gasteiger partial charge in [-0.15, -0.1) is 5.10 Å². The smallest absolute Gasteiger partial charge is 0.277 e. The van der Waals surface area contributed by atoms with E-state index in [-0.39, 0.29) is 11.6 Å². The molecule has 32 heavy (non-hydrogen) atoms. The Morgan fingerprint density at radius 2 is 1.97 bits per heavy atom. The van der Waals surface area contributed by atoms with Gasteiger partial charge < -0.3 is 11.1 Å². The van der Waals surface area contributed by atoms with Crippen LogP contribution < -0.4 is 11.1 Å². The van der Waals surface area contributed by atoms with E-state index in [9.17, 15) is 4.79 Å². The molecular formula is C24H24N6OS. The maximum Gasteiger partial charge on any atom is 0.277 e. The summed E-state index contributed by atoms with van der Waals surface area (Å²) in [5.74, 6) is -0.322. The molecule has 3 N–H and O–H groups in total. The summed E-state index contributed by atoms with van der Waals surface area (Å²) in [6.45, 7) is 3.50. The monoisotopic (exact) mass is 444 g/mol. The van der Waals surface area contributed by atoms with Gasteiger partial charge in [0.1, 0.15) is 0 Å². The maximum absolute atomic E-state index is 12.7. The highest BCUT2D eigenvalue weighted by Gasteiger charge is 2.17. The normalized spacial score (nSPS) is 13.6. The van der Waals surface area contributed by atoms with Gasteiger partial charge in [0.25, 0.3) is 5.91 Å². The van der Waals surface area contributed by atoms with Gasteiger partial charge in [0, 0.05) is 19.6 Å². The molecule has 0 atom stereocenters. The lowest BCUT2D eigenvalue weighted by Crippen LogP contribution is -2.33. The van der Waals surface area contributed by atoms with Crippen LogP contribution in [0.2, 0.25) is 0 Å². The fourth-order valence-electron chi connectivity index (χ4n) is 3.96. The third-order valence-electron chi connectivity index (χ3n) is 5.78. The molecule has 0 saturated carbocycles. The molecule has 0 radical (unpaired) electrons. The average molecular weight is 445 g/mol. The van der Waals surface area contributed by atoms with Gasteiger partial charge in [0.05, 0.1) is 24.1 Å². The third-order valence-corrected chi connectivity index (χ3v) is 6.47. The molecule has 162 valence electrons. The number of benzene rings is 2. The highest BCUT2D eigenvalue weighted by molar-refractivity contribution is 7.08. The van der Waals surface area contributed by atoms with E-state index in [1.807, 2.05) is 23.6 Å². The van der Waals surface area contributed by atoms with Crippen molar-refractivity contribution >= 4 is 28.6 Å². The second kappa shape index (κ2) is 8.94. The van der Waals surface area contributed by atoms with E-state index in [4.69, 9.17) is 5.73 Å². The molecular weight excluding hydrogens is 420 g/mol. The van der Waals surface area contributed by atoms with Crippen LogP contribution in [-0.2, 0) is 19.5 Å². The van der Waals surface area contributed by atoms with Gasteiger partial charge in [-0.3, -0.25) is 14.4 Å². The van der Waals surface area contributed by atoms with Gasteiger partial charge >= 0.3 is 0 Å². The predicted octanol–water partition coefficient (Wildman–Crippen LogP) is 3.90. The number of nitrogens with two attached hydrogens (primary N) is 1. The number of carbonyl (C=O) groups excluding carboxylic acids is 1. The lowest BCUT2D eigenvalue weighted by Gasteiger charge is -2.28. The number of nitrogens with one attached hydrogen (secondary N) is 1. The third kappa shape index (κ3) is 4.42. The summed E-state index contributed by atoms with van der Waals surface area (Å²) >= 11 is 1.63. The highest BCUT2D eigenvalue weighted by Crippen LogP contribution is 2.29. The minimum absolute atomic E-state index is 0.273. The molecule has 5 rings (SSSR count). The number of nitrogen functional groups attached to an aromatic ring is 1. The summed E-state index contributed by atoms with van der Waals surface area (Å²) in [5.41, 5.74) is 12.4. The number of carbonyl (C=O) groups is 1. The first kappa shape index (κ1) is 20.4. The van der Waals surface area contributed by atoms with Crippen molar-refractivity contribution in [2.24, 2.45) is 0 Å². The van der Waals surface area contributed by atoms with Crippen molar-refractivity contribution in [2.75, 3.05) is 24.1 Å². The largest absolute Gasteiger partial charge is 0.397 e. The number of amides is 1. The van der Waals surface area contributed by atoms with Crippen LogP contribution in [0.5, 0.6) is 0 Å².